The number of unbranched alkanes of at least 4 members (excludes halogenated alkanes) is 1. The van der Waals surface area contributed by atoms with Gasteiger partial charge < -0.3 is 20.4 Å². The number of rotatable bonds is 8. The Hall–Kier alpha value is -0.380. The fraction of sp³-hybridized carbons (Fsp3) is 0.722. The zero-order valence-electron chi connectivity index (χ0n) is 15.9. The quantitative estimate of drug-likeness (QED) is 0.261. The van der Waals surface area contributed by atoms with Gasteiger partial charge in [-0.25, -0.2) is 0 Å². The first-order chi connectivity index (χ1) is 11.7. The second-order valence-corrected chi connectivity index (χ2v) is 7.72. The van der Waals surface area contributed by atoms with Crippen LogP contribution >= 0.6 is 35.3 Å². The van der Waals surface area contributed by atoms with E-state index in [0.717, 1.165) is 19.0 Å². The van der Waals surface area contributed by atoms with E-state index in [0.29, 0.717) is 0 Å². The Bertz CT molecular complexity index is 497. The lowest BCUT2D eigenvalue weighted by atomic mass is 10.2. The van der Waals surface area contributed by atoms with Crippen molar-refractivity contribution in [2.75, 3.05) is 52.9 Å². The molecule has 0 bridgehead atoms. The van der Waals surface area contributed by atoms with Crippen LogP contribution in [0.4, 0.5) is 0 Å². The van der Waals surface area contributed by atoms with Crippen molar-refractivity contribution in [3.63, 3.8) is 0 Å². The van der Waals surface area contributed by atoms with Crippen molar-refractivity contribution < 1.29 is 0 Å². The lowest BCUT2D eigenvalue weighted by Gasteiger charge is -2.34. The van der Waals surface area contributed by atoms with Crippen molar-refractivity contribution in [1.82, 2.24) is 20.4 Å². The Morgan fingerprint density at radius 1 is 1.12 bits per heavy atom. The molecule has 2 heterocycles. The summed E-state index contributed by atoms with van der Waals surface area (Å²) in [6.45, 7) is 13.5. The third-order valence-corrected chi connectivity index (χ3v) is 5.56. The summed E-state index contributed by atoms with van der Waals surface area (Å²) < 4.78 is 0. The van der Waals surface area contributed by atoms with Crippen LogP contribution in [-0.2, 0) is 6.54 Å². The minimum Gasteiger partial charge on any atom is -0.356 e. The molecule has 0 spiro atoms. The number of likely N-dealkylation sites (N-methyl/N-ethyl adjacent to an activating group) is 1. The SMILES string of the molecule is CCN1CCN(CCCCNC(=NC)NCc2ccc(C)s2)CC1.I. The third-order valence-electron chi connectivity index (χ3n) is 4.56. The van der Waals surface area contributed by atoms with Crippen molar-refractivity contribution in [3.8, 4) is 0 Å². The van der Waals surface area contributed by atoms with Crippen LogP contribution in [0.5, 0.6) is 0 Å². The number of thiophene rings is 1. The fourth-order valence-electron chi connectivity index (χ4n) is 2.97. The van der Waals surface area contributed by atoms with Crippen LogP contribution in [0, 0.1) is 6.92 Å². The summed E-state index contributed by atoms with van der Waals surface area (Å²) in [5, 5.41) is 6.80. The van der Waals surface area contributed by atoms with Gasteiger partial charge in [-0.05, 0) is 45.0 Å². The lowest BCUT2D eigenvalue weighted by Crippen LogP contribution is -2.46. The van der Waals surface area contributed by atoms with Gasteiger partial charge in [0, 0.05) is 49.5 Å². The summed E-state index contributed by atoms with van der Waals surface area (Å²) in [6, 6.07) is 4.34. The molecule has 0 radical (unpaired) electrons. The Balaban J connectivity index is 0.00000312. The molecule has 0 saturated carbocycles. The first kappa shape index (κ1) is 22.7. The molecule has 25 heavy (non-hydrogen) atoms. The van der Waals surface area contributed by atoms with E-state index in [1.165, 1.54) is 61.9 Å². The van der Waals surface area contributed by atoms with Crippen molar-refractivity contribution in [3.05, 3.63) is 21.9 Å². The summed E-state index contributed by atoms with van der Waals surface area (Å²) >= 11 is 1.84. The second-order valence-electron chi connectivity index (χ2n) is 6.35. The Kier molecular flexibility index (Phi) is 11.7. The molecule has 1 aliphatic heterocycles. The Morgan fingerprint density at radius 2 is 1.84 bits per heavy atom. The van der Waals surface area contributed by atoms with Gasteiger partial charge in [0.25, 0.3) is 0 Å². The van der Waals surface area contributed by atoms with Crippen LogP contribution in [0.25, 0.3) is 0 Å². The highest BCUT2D eigenvalue weighted by molar-refractivity contribution is 14.0. The predicted octanol–water partition coefficient (Wildman–Crippen LogP) is 2.76. The van der Waals surface area contributed by atoms with Crippen molar-refractivity contribution in [2.24, 2.45) is 4.99 Å². The summed E-state index contributed by atoms with van der Waals surface area (Å²) in [6.07, 6.45) is 2.44. The zero-order chi connectivity index (χ0) is 17.2. The van der Waals surface area contributed by atoms with E-state index in [9.17, 15) is 0 Å². The standard InChI is InChI=1S/C18H33N5S.HI/c1-4-22-11-13-23(14-12-22)10-6-5-9-20-18(19-3)21-15-17-8-7-16(2)24-17;/h7-8H,4-6,9-15H2,1-3H3,(H2,19,20,21);1H. The van der Waals surface area contributed by atoms with Crippen LogP contribution in [0.2, 0.25) is 0 Å². The first-order valence-corrected chi connectivity index (χ1v) is 9.97. The van der Waals surface area contributed by atoms with Gasteiger partial charge in [-0.15, -0.1) is 35.3 Å². The number of nitrogens with zero attached hydrogens (tertiary/aromatic N) is 3. The van der Waals surface area contributed by atoms with Crippen LogP contribution in [-0.4, -0.2) is 68.6 Å². The van der Waals surface area contributed by atoms with E-state index in [4.69, 9.17) is 0 Å². The van der Waals surface area contributed by atoms with Gasteiger partial charge in [0.1, 0.15) is 0 Å². The average Bonchev–Trinajstić information content (AvgIpc) is 3.03. The topological polar surface area (TPSA) is 42.9 Å². The molecular formula is C18H34IN5S. The number of aryl methyl sites for hydroxylation is 1. The molecule has 1 aromatic heterocycles. The Labute approximate surface area is 174 Å². The van der Waals surface area contributed by atoms with Gasteiger partial charge in [-0.1, -0.05) is 6.92 Å². The number of piperazine rings is 1. The highest BCUT2D eigenvalue weighted by atomic mass is 127. The van der Waals surface area contributed by atoms with E-state index in [2.05, 4.69) is 51.4 Å². The van der Waals surface area contributed by atoms with E-state index in [-0.39, 0.29) is 24.0 Å². The predicted molar refractivity (Wildman–Crippen MR) is 120 cm³/mol. The smallest absolute Gasteiger partial charge is 0.191 e. The maximum Gasteiger partial charge on any atom is 0.191 e. The van der Waals surface area contributed by atoms with Crippen LogP contribution in [0.3, 0.4) is 0 Å². The van der Waals surface area contributed by atoms with Crippen molar-refractivity contribution in [2.45, 2.75) is 33.2 Å². The second kappa shape index (κ2) is 12.9. The molecular weight excluding hydrogens is 445 g/mol. The van der Waals surface area contributed by atoms with E-state index in [1.807, 2.05) is 18.4 Å². The molecule has 0 aliphatic carbocycles. The summed E-state index contributed by atoms with van der Waals surface area (Å²) in [5.74, 6) is 0.901. The Morgan fingerprint density at radius 3 is 2.44 bits per heavy atom. The largest absolute Gasteiger partial charge is 0.356 e. The highest BCUT2D eigenvalue weighted by Crippen LogP contribution is 2.14. The molecule has 0 amide bonds. The van der Waals surface area contributed by atoms with E-state index >= 15 is 0 Å². The summed E-state index contributed by atoms with van der Waals surface area (Å²) in [7, 11) is 1.84. The molecule has 144 valence electrons. The summed E-state index contributed by atoms with van der Waals surface area (Å²) in [4.78, 5) is 12.1. The van der Waals surface area contributed by atoms with Crippen LogP contribution in [0.15, 0.2) is 17.1 Å². The lowest BCUT2D eigenvalue weighted by molar-refractivity contribution is 0.136. The molecule has 1 aliphatic rings. The molecule has 1 fully saturated rings. The number of hydrogen-bond donors (Lipinski definition) is 2. The van der Waals surface area contributed by atoms with E-state index < -0.39 is 0 Å². The molecule has 0 aromatic carbocycles. The van der Waals surface area contributed by atoms with Gasteiger partial charge in [0.15, 0.2) is 5.96 Å². The van der Waals surface area contributed by atoms with Crippen molar-refractivity contribution >= 4 is 41.3 Å². The van der Waals surface area contributed by atoms with Crippen LogP contribution < -0.4 is 10.6 Å². The normalized spacial score (nSPS) is 16.5. The van der Waals surface area contributed by atoms with Gasteiger partial charge in [-0.2, -0.15) is 0 Å². The van der Waals surface area contributed by atoms with Crippen molar-refractivity contribution in [1.29, 1.82) is 0 Å². The molecule has 1 aromatic rings. The maximum absolute atomic E-state index is 4.30. The van der Waals surface area contributed by atoms with Gasteiger partial charge in [0.05, 0.1) is 6.54 Å². The molecule has 2 rings (SSSR count). The molecule has 2 N–H and O–H groups in total. The summed E-state index contributed by atoms with van der Waals surface area (Å²) in [5.41, 5.74) is 0. The monoisotopic (exact) mass is 479 g/mol. The minimum absolute atomic E-state index is 0. The fourth-order valence-corrected chi connectivity index (χ4v) is 3.80. The van der Waals surface area contributed by atoms with Gasteiger partial charge in [0.2, 0.25) is 0 Å². The maximum atomic E-state index is 4.30. The number of aliphatic imine (C=N–C) groups is 1. The van der Waals surface area contributed by atoms with Gasteiger partial charge in [-0.3, -0.25) is 4.99 Å². The minimum atomic E-state index is 0. The molecule has 7 heteroatoms. The number of hydrogen-bond acceptors (Lipinski definition) is 4. The number of guanidine groups is 1. The molecule has 5 nitrogen and oxygen atoms in total. The average molecular weight is 479 g/mol. The molecule has 0 unspecified atom stereocenters. The molecule has 1 saturated heterocycles. The number of halogens is 1. The first-order valence-electron chi connectivity index (χ1n) is 9.15. The van der Waals surface area contributed by atoms with Gasteiger partial charge >= 0.3 is 0 Å². The highest BCUT2D eigenvalue weighted by Gasteiger charge is 2.14. The number of nitrogens with one attached hydrogen (secondary N) is 2. The van der Waals surface area contributed by atoms with Crippen LogP contribution in [0.1, 0.15) is 29.5 Å². The molecule has 0 atom stereocenters. The van der Waals surface area contributed by atoms with E-state index in [1.54, 1.807) is 0 Å². The zero-order valence-corrected chi connectivity index (χ0v) is 19.0. The third kappa shape index (κ3) is 8.70.